The Kier molecular flexibility index (Phi) is 7.29. The zero-order chi connectivity index (χ0) is 24.2. The van der Waals surface area contributed by atoms with Crippen LogP contribution < -0.4 is 9.75 Å². The summed E-state index contributed by atoms with van der Waals surface area (Å²) in [4.78, 5) is 13.0. The SMILES string of the molecule is CCCCc1c(N=NC2C(=O)N(c3ccccc3)N=C2C)nn(-c2cc(Cl)ccc2Cl)c1OC. The molecule has 0 radical (unpaired) electrons. The highest BCUT2D eigenvalue weighted by molar-refractivity contribution is 6.34. The van der Waals surface area contributed by atoms with Crippen molar-refractivity contribution in [2.45, 2.75) is 39.2 Å². The first-order chi connectivity index (χ1) is 16.4. The molecule has 0 saturated heterocycles. The lowest BCUT2D eigenvalue weighted by Crippen LogP contribution is -2.29. The number of para-hydroxylation sites is 1. The predicted molar refractivity (Wildman–Crippen MR) is 134 cm³/mol. The minimum absolute atomic E-state index is 0.271. The molecule has 3 aromatic rings. The van der Waals surface area contributed by atoms with Gasteiger partial charge < -0.3 is 4.74 Å². The number of hydrazone groups is 1. The zero-order valence-corrected chi connectivity index (χ0v) is 20.6. The summed E-state index contributed by atoms with van der Waals surface area (Å²) in [5.41, 5.74) is 2.57. The average molecular weight is 499 g/mol. The maximum atomic E-state index is 13.0. The maximum Gasteiger partial charge on any atom is 0.280 e. The number of nitrogens with zero attached hydrogens (tertiary/aromatic N) is 6. The maximum absolute atomic E-state index is 13.0. The van der Waals surface area contributed by atoms with E-state index in [2.05, 4.69) is 27.4 Å². The number of ether oxygens (including phenoxy) is 1. The van der Waals surface area contributed by atoms with Gasteiger partial charge in [0.1, 0.15) is 0 Å². The van der Waals surface area contributed by atoms with Crippen molar-refractivity contribution in [3.8, 4) is 11.6 Å². The smallest absolute Gasteiger partial charge is 0.280 e. The van der Waals surface area contributed by atoms with E-state index in [0.717, 1.165) is 18.4 Å². The Morgan fingerprint density at radius 1 is 1.15 bits per heavy atom. The van der Waals surface area contributed by atoms with Gasteiger partial charge in [-0.05, 0) is 50.1 Å². The van der Waals surface area contributed by atoms with Gasteiger partial charge in [0, 0.05) is 5.02 Å². The van der Waals surface area contributed by atoms with Gasteiger partial charge in [-0.15, -0.1) is 10.2 Å². The Balaban J connectivity index is 1.71. The van der Waals surface area contributed by atoms with Crippen molar-refractivity contribution < 1.29 is 9.53 Å². The highest BCUT2D eigenvalue weighted by atomic mass is 35.5. The molecule has 1 aliphatic rings. The number of aromatic nitrogens is 2. The van der Waals surface area contributed by atoms with Crippen molar-refractivity contribution >= 4 is 46.3 Å². The lowest BCUT2D eigenvalue weighted by Gasteiger charge is -2.11. The predicted octanol–water partition coefficient (Wildman–Crippen LogP) is 6.41. The van der Waals surface area contributed by atoms with E-state index in [1.807, 2.05) is 30.3 Å². The normalized spacial score (nSPS) is 15.9. The number of hydrogen-bond acceptors (Lipinski definition) is 6. The van der Waals surface area contributed by atoms with Crippen LogP contribution in [0.4, 0.5) is 11.5 Å². The molecule has 1 aliphatic heterocycles. The molecule has 1 aromatic heterocycles. The topological polar surface area (TPSA) is 84.4 Å². The van der Waals surface area contributed by atoms with Crippen molar-refractivity contribution in [3.63, 3.8) is 0 Å². The molecule has 0 saturated carbocycles. The van der Waals surface area contributed by atoms with Gasteiger partial charge in [0.15, 0.2) is 6.04 Å². The van der Waals surface area contributed by atoms with Crippen LogP contribution in [-0.4, -0.2) is 34.6 Å². The van der Waals surface area contributed by atoms with Gasteiger partial charge in [0.05, 0.1) is 34.8 Å². The summed E-state index contributed by atoms with van der Waals surface area (Å²) < 4.78 is 7.26. The second-order valence-corrected chi connectivity index (χ2v) is 8.61. The van der Waals surface area contributed by atoms with Crippen LogP contribution in [0, 0.1) is 0 Å². The number of carbonyl (C=O) groups excluding carboxylic acids is 1. The van der Waals surface area contributed by atoms with Crippen LogP contribution in [0.3, 0.4) is 0 Å². The lowest BCUT2D eigenvalue weighted by molar-refractivity contribution is -0.117. The Hall–Kier alpha value is -3.23. The lowest BCUT2D eigenvalue weighted by atomic mass is 10.1. The monoisotopic (exact) mass is 498 g/mol. The van der Waals surface area contributed by atoms with Gasteiger partial charge in [-0.1, -0.05) is 54.7 Å². The van der Waals surface area contributed by atoms with Gasteiger partial charge in [-0.3, -0.25) is 4.79 Å². The summed E-state index contributed by atoms with van der Waals surface area (Å²) in [6.45, 7) is 3.86. The minimum atomic E-state index is -0.829. The fraction of sp³-hybridized carbons (Fsp3) is 0.292. The molecule has 1 atom stereocenters. The van der Waals surface area contributed by atoms with Crippen molar-refractivity contribution in [3.05, 3.63) is 64.1 Å². The standard InChI is InChI=1S/C24H24Cl2N6O2/c1-4-5-11-18-22(30-32(24(18)34-3)20-14-16(25)12-13-19(20)26)28-27-21-15(2)29-31(23(21)33)17-9-7-6-8-10-17/h6-10,12-14,21H,4-5,11H2,1-3H3. The molecule has 8 nitrogen and oxygen atoms in total. The van der Waals surface area contributed by atoms with Gasteiger partial charge in [-0.25, -0.2) is 0 Å². The van der Waals surface area contributed by atoms with E-state index in [1.54, 1.807) is 36.9 Å². The number of benzene rings is 2. The number of amides is 1. The third-order valence-corrected chi connectivity index (χ3v) is 5.94. The molecule has 0 N–H and O–H groups in total. The summed E-state index contributed by atoms with van der Waals surface area (Å²) in [5.74, 6) is 0.590. The number of rotatable bonds is 8. The average Bonchev–Trinajstić information content (AvgIpc) is 3.34. The van der Waals surface area contributed by atoms with Crippen LogP contribution in [0.25, 0.3) is 5.69 Å². The van der Waals surface area contributed by atoms with Crippen molar-refractivity contribution in [1.82, 2.24) is 9.78 Å². The zero-order valence-electron chi connectivity index (χ0n) is 19.1. The van der Waals surface area contributed by atoms with Crippen LogP contribution in [-0.2, 0) is 11.2 Å². The summed E-state index contributed by atoms with van der Waals surface area (Å²) in [6, 6.07) is 13.5. The molecule has 0 fully saturated rings. The number of unbranched alkanes of at least 4 members (excludes halogenated alkanes) is 1. The quantitative estimate of drug-likeness (QED) is 0.336. The second-order valence-electron chi connectivity index (χ2n) is 7.77. The van der Waals surface area contributed by atoms with Gasteiger partial charge in [0.2, 0.25) is 11.7 Å². The largest absolute Gasteiger partial charge is 0.481 e. The summed E-state index contributed by atoms with van der Waals surface area (Å²) in [6.07, 6.45) is 2.55. The fourth-order valence-corrected chi connectivity index (χ4v) is 4.02. The second kappa shape index (κ2) is 10.4. The number of hydrogen-bond donors (Lipinski definition) is 0. The Labute approximate surface area is 207 Å². The van der Waals surface area contributed by atoms with Crippen molar-refractivity contribution in [2.75, 3.05) is 12.1 Å². The first-order valence-corrected chi connectivity index (χ1v) is 11.7. The molecule has 2 aromatic carbocycles. The van der Waals surface area contributed by atoms with Crippen molar-refractivity contribution in [2.24, 2.45) is 15.3 Å². The van der Waals surface area contributed by atoms with Crippen LogP contribution in [0.2, 0.25) is 10.0 Å². The van der Waals surface area contributed by atoms with Crippen molar-refractivity contribution in [1.29, 1.82) is 0 Å². The van der Waals surface area contributed by atoms with Crippen LogP contribution in [0.1, 0.15) is 32.3 Å². The number of halogens is 2. The molecule has 4 rings (SSSR count). The minimum Gasteiger partial charge on any atom is -0.481 e. The molecule has 0 bridgehead atoms. The highest BCUT2D eigenvalue weighted by Crippen LogP contribution is 2.36. The van der Waals surface area contributed by atoms with Crippen LogP contribution >= 0.6 is 23.2 Å². The van der Waals surface area contributed by atoms with E-state index in [-0.39, 0.29) is 5.91 Å². The first kappa shape index (κ1) is 23.9. The molecule has 2 heterocycles. The van der Waals surface area contributed by atoms with E-state index in [4.69, 9.17) is 27.9 Å². The van der Waals surface area contributed by atoms with Gasteiger partial charge in [-0.2, -0.15) is 19.9 Å². The molecule has 34 heavy (non-hydrogen) atoms. The molecular weight excluding hydrogens is 475 g/mol. The molecule has 0 aliphatic carbocycles. The molecule has 0 spiro atoms. The van der Waals surface area contributed by atoms with Gasteiger partial charge in [0.25, 0.3) is 5.91 Å². The number of carbonyl (C=O) groups is 1. The molecule has 176 valence electrons. The molecule has 1 unspecified atom stereocenters. The van der Waals surface area contributed by atoms with Crippen LogP contribution in [0.5, 0.6) is 5.88 Å². The number of methoxy groups -OCH3 is 1. The third kappa shape index (κ3) is 4.69. The van der Waals surface area contributed by atoms with E-state index < -0.39 is 6.04 Å². The Bertz CT molecular complexity index is 1260. The molecular formula is C24H24Cl2N6O2. The molecule has 10 heteroatoms. The first-order valence-electron chi connectivity index (χ1n) is 10.9. The van der Waals surface area contributed by atoms with Crippen LogP contribution in [0.15, 0.2) is 63.9 Å². The third-order valence-electron chi connectivity index (χ3n) is 5.39. The Morgan fingerprint density at radius 2 is 1.91 bits per heavy atom. The Morgan fingerprint density at radius 3 is 2.62 bits per heavy atom. The highest BCUT2D eigenvalue weighted by Gasteiger charge is 2.35. The molecule has 1 amide bonds. The number of azo groups is 1. The van der Waals surface area contributed by atoms with E-state index in [0.29, 0.717) is 45.3 Å². The summed E-state index contributed by atoms with van der Waals surface area (Å²) in [5, 5.41) is 20.0. The number of anilines is 1. The summed E-state index contributed by atoms with van der Waals surface area (Å²) in [7, 11) is 1.57. The van der Waals surface area contributed by atoms with Gasteiger partial charge >= 0.3 is 0 Å². The fourth-order valence-electron chi connectivity index (χ4n) is 3.65. The summed E-state index contributed by atoms with van der Waals surface area (Å²) >= 11 is 12.6. The van der Waals surface area contributed by atoms with E-state index in [1.165, 1.54) is 5.01 Å². The van der Waals surface area contributed by atoms with E-state index >= 15 is 0 Å². The van der Waals surface area contributed by atoms with E-state index in [9.17, 15) is 4.79 Å².